The summed E-state index contributed by atoms with van der Waals surface area (Å²) in [5.41, 5.74) is 5.86. The maximum absolute atomic E-state index is 10.9. The van der Waals surface area contributed by atoms with E-state index in [0.717, 1.165) is 17.9 Å². The molecule has 4 heteroatoms. The summed E-state index contributed by atoms with van der Waals surface area (Å²) in [7, 11) is 1.42. The number of thioether (sulfide) groups is 1. The lowest BCUT2D eigenvalue weighted by atomic mass is 9.96. The van der Waals surface area contributed by atoms with Crippen LogP contribution in [0.3, 0.4) is 0 Å². The molecule has 1 fully saturated rings. The summed E-state index contributed by atoms with van der Waals surface area (Å²) >= 11 is 1.87. The minimum atomic E-state index is -0.141. The average Bonchev–Trinajstić information content (AvgIpc) is 2.09. The molecule has 12 heavy (non-hydrogen) atoms. The van der Waals surface area contributed by atoms with E-state index in [0.29, 0.717) is 12.3 Å². The third-order valence-electron chi connectivity index (χ3n) is 2.19. The summed E-state index contributed by atoms with van der Waals surface area (Å²) in [6.45, 7) is 0. The van der Waals surface area contributed by atoms with Gasteiger partial charge in [-0.1, -0.05) is 0 Å². The van der Waals surface area contributed by atoms with Crippen LogP contribution in [0.5, 0.6) is 0 Å². The van der Waals surface area contributed by atoms with Crippen LogP contribution in [0.15, 0.2) is 0 Å². The van der Waals surface area contributed by atoms with E-state index in [9.17, 15) is 4.79 Å². The molecule has 1 aliphatic rings. The van der Waals surface area contributed by atoms with Crippen molar-refractivity contribution in [1.82, 2.24) is 0 Å². The number of carbonyl (C=O) groups is 1. The molecule has 0 amide bonds. The van der Waals surface area contributed by atoms with Crippen molar-refractivity contribution in [3.63, 3.8) is 0 Å². The van der Waals surface area contributed by atoms with Crippen LogP contribution in [0, 0.1) is 5.92 Å². The molecule has 1 heterocycles. The monoisotopic (exact) mass is 189 g/mol. The molecular weight excluding hydrogens is 174 g/mol. The Morgan fingerprint density at radius 3 is 3.08 bits per heavy atom. The molecule has 70 valence electrons. The standard InChI is InChI=1S/C8H15NO2S/c1-11-8(10)4-6-5-12-3-2-7(6)9/h6-7H,2-5,9H2,1H3/t6-,7-/m0/s1. The zero-order chi connectivity index (χ0) is 8.97. The summed E-state index contributed by atoms with van der Waals surface area (Å²) in [5, 5.41) is 0. The normalized spacial score (nSPS) is 29.8. The third kappa shape index (κ3) is 2.68. The maximum Gasteiger partial charge on any atom is 0.305 e. The minimum Gasteiger partial charge on any atom is -0.469 e. The topological polar surface area (TPSA) is 52.3 Å². The zero-order valence-electron chi connectivity index (χ0n) is 7.29. The molecule has 0 aromatic carbocycles. The SMILES string of the molecule is COC(=O)C[C@H]1CSCC[C@@H]1N. The molecule has 1 aliphatic heterocycles. The van der Waals surface area contributed by atoms with Gasteiger partial charge in [0.15, 0.2) is 0 Å². The van der Waals surface area contributed by atoms with E-state index in [4.69, 9.17) is 5.73 Å². The van der Waals surface area contributed by atoms with Crippen LogP contribution in [0.4, 0.5) is 0 Å². The quantitative estimate of drug-likeness (QED) is 0.647. The van der Waals surface area contributed by atoms with Gasteiger partial charge < -0.3 is 10.5 Å². The number of hydrogen-bond donors (Lipinski definition) is 1. The Kier molecular flexibility index (Phi) is 3.88. The molecule has 0 spiro atoms. The third-order valence-corrected chi connectivity index (χ3v) is 3.38. The first kappa shape index (κ1) is 9.86. The number of nitrogens with two attached hydrogens (primary N) is 1. The summed E-state index contributed by atoms with van der Waals surface area (Å²) in [6, 6.07) is 0.186. The second-order valence-corrected chi connectivity index (χ2v) is 4.22. The molecule has 0 aliphatic carbocycles. The fourth-order valence-electron chi connectivity index (χ4n) is 1.32. The highest BCUT2D eigenvalue weighted by atomic mass is 32.2. The van der Waals surface area contributed by atoms with Crippen molar-refractivity contribution in [3.8, 4) is 0 Å². The lowest BCUT2D eigenvalue weighted by Gasteiger charge is -2.26. The Hall–Kier alpha value is -0.220. The Balaban J connectivity index is 2.33. The van der Waals surface area contributed by atoms with Gasteiger partial charge in [0.1, 0.15) is 0 Å². The van der Waals surface area contributed by atoms with E-state index in [1.54, 1.807) is 0 Å². The molecule has 2 N–H and O–H groups in total. The van der Waals surface area contributed by atoms with Gasteiger partial charge in [0, 0.05) is 6.04 Å². The minimum absolute atomic E-state index is 0.141. The summed E-state index contributed by atoms with van der Waals surface area (Å²) in [4.78, 5) is 10.9. The van der Waals surface area contributed by atoms with E-state index in [2.05, 4.69) is 4.74 Å². The van der Waals surface area contributed by atoms with Crippen LogP contribution in [0.1, 0.15) is 12.8 Å². The number of esters is 1. The predicted octanol–water partition coefficient (Wildman–Crippen LogP) is 0.630. The first-order valence-corrected chi connectivity index (χ1v) is 5.29. The van der Waals surface area contributed by atoms with E-state index in [1.165, 1.54) is 7.11 Å². The molecule has 2 atom stereocenters. The molecule has 1 saturated heterocycles. The predicted molar refractivity (Wildman–Crippen MR) is 50.0 cm³/mol. The number of hydrogen-bond acceptors (Lipinski definition) is 4. The largest absolute Gasteiger partial charge is 0.469 e. The molecule has 0 unspecified atom stereocenters. The van der Waals surface area contributed by atoms with Crippen LogP contribution in [-0.4, -0.2) is 30.6 Å². The first-order valence-electron chi connectivity index (χ1n) is 4.14. The molecule has 0 bridgehead atoms. The van der Waals surface area contributed by atoms with Crippen LogP contribution in [-0.2, 0) is 9.53 Å². The van der Waals surface area contributed by atoms with Gasteiger partial charge in [-0.2, -0.15) is 11.8 Å². The number of carbonyl (C=O) groups excluding carboxylic acids is 1. The molecule has 1 rings (SSSR count). The summed E-state index contributed by atoms with van der Waals surface area (Å²) in [5.74, 6) is 2.30. The van der Waals surface area contributed by atoms with Crippen LogP contribution < -0.4 is 5.73 Å². The van der Waals surface area contributed by atoms with Gasteiger partial charge in [-0.25, -0.2) is 0 Å². The van der Waals surface area contributed by atoms with Crippen molar-refractivity contribution in [3.05, 3.63) is 0 Å². The second kappa shape index (κ2) is 4.72. The van der Waals surface area contributed by atoms with Crippen molar-refractivity contribution < 1.29 is 9.53 Å². The Labute approximate surface area is 77.0 Å². The Morgan fingerprint density at radius 2 is 2.50 bits per heavy atom. The van der Waals surface area contributed by atoms with Crippen LogP contribution in [0.25, 0.3) is 0 Å². The fourth-order valence-corrected chi connectivity index (χ4v) is 2.59. The maximum atomic E-state index is 10.9. The highest BCUT2D eigenvalue weighted by molar-refractivity contribution is 7.99. The number of methoxy groups -OCH3 is 1. The van der Waals surface area contributed by atoms with Gasteiger partial charge in [-0.15, -0.1) is 0 Å². The number of rotatable bonds is 2. The lowest BCUT2D eigenvalue weighted by molar-refractivity contribution is -0.141. The van der Waals surface area contributed by atoms with E-state index >= 15 is 0 Å². The first-order chi connectivity index (χ1) is 5.74. The van der Waals surface area contributed by atoms with Gasteiger partial charge in [0.05, 0.1) is 13.5 Å². The summed E-state index contributed by atoms with van der Waals surface area (Å²) in [6.07, 6.45) is 1.50. The molecule has 3 nitrogen and oxygen atoms in total. The zero-order valence-corrected chi connectivity index (χ0v) is 8.10. The van der Waals surface area contributed by atoms with E-state index in [-0.39, 0.29) is 12.0 Å². The van der Waals surface area contributed by atoms with Gasteiger partial charge in [0.25, 0.3) is 0 Å². The highest BCUT2D eigenvalue weighted by Crippen LogP contribution is 2.24. The van der Waals surface area contributed by atoms with Crippen molar-refractivity contribution in [2.75, 3.05) is 18.6 Å². The summed E-state index contributed by atoms with van der Waals surface area (Å²) < 4.78 is 4.60. The molecular formula is C8H15NO2S. The van der Waals surface area contributed by atoms with Gasteiger partial charge in [-0.05, 0) is 23.8 Å². The lowest BCUT2D eigenvalue weighted by Crippen LogP contribution is -2.36. The second-order valence-electron chi connectivity index (χ2n) is 3.07. The smallest absolute Gasteiger partial charge is 0.305 e. The Bertz CT molecular complexity index is 163. The fraction of sp³-hybridized carbons (Fsp3) is 0.875. The van der Waals surface area contributed by atoms with Gasteiger partial charge in [-0.3, -0.25) is 4.79 Å². The van der Waals surface area contributed by atoms with E-state index < -0.39 is 0 Å². The highest BCUT2D eigenvalue weighted by Gasteiger charge is 2.24. The van der Waals surface area contributed by atoms with Gasteiger partial charge in [0.2, 0.25) is 0 Å². The molecule has 0 aromatic heterocycles. The molecule has 0 radical (unpaired) electrons. The van der Waals surface area contributed by atoms with Crippen molar-refractivity contribution in [1.29, 1.82) is 0 Å². The van der Waals surface area contributed by atoms with Crippen molar-refractivity contribution in [2.45, 2.75) is 18.9 Å². The Morgan fingerprint density at radius 1 is 1.75 bits per heavy atom. The van der Waals surface area contributed by atoms with Crippen LogP contribution in [0.2, 0.25) is 0 Å². The molecule has 0 aromatic rings. The van der Waals surface area contributed by atoms with Gasteiger partial charge >= 0.3 is 5.97 Å². The molecule has 0 saturated carbocycles. The average molecular weight is 189 g/mol. The van der Waals surface area contributed by atoms with Crippen molar-refractivity contribution in [2.24, 2.45) is 11.7 Å². The number of ether oxygens (including phenoxy) is 1. The van der Waals surface area contributed by atoms with E-state index in [1.807, 2.05) is 11.8 Å². The van der Waals surface area contributed by atoms with Crippen molar-refractivity contribution >= 4 is 17.7 Å². The van der Waals surface area contributed by atoms with Crippen LogP contribution >= 0.6 is 11.8 Å².